The van der Waals surface area contributed by atoms with Crippen LogP contribution < -0.4 is 5.32 Å². The summed E-state index contributed by atoms with van der Waals surface area (Å²) in [7, 11) is 3.64. The van der Waals surface area contributed by atoms with Gasteiger partial charge >= 0.3 is 0 Å². The molecule has 1 heterocycles. The number of nitrogens with zero attached hydrogens (tertiary/aromatic N) is 2. The topological polar surface area (TPSA) is 55.3 Å². The number of rotatable bonds is 8. The average Bonchev–Trinajstić information content (AvgIpc) is 2.60. The summed E-state index contributed by atoms with van der Waals surface area (Å²) in [6.07, 6.45) is 9.00. The number of ether oxygens (including phenoxy) is 3. The lowest BCUT2D eigenvalue weighted by Gasteiger charge is -2.61. The van der Waals surface area contributed by atoms with Crippen LogP contribution in [0.5, 0.6) is 0 Å². The van der Waals surface area contributed by atoms with Crippen LogP contribution >= 0.6 is 24.0 Å². The molecule has 2 atom stereocenters. The highest BCUT2D eigenvalue weighted by Gasteiger charge is 2.59. The van der Waals surface area contributed by atoms with Gasteiger partial charge in [0.15, 0.2) is 5.96 Å². The van der Waals surface area contributed by atoms with Gasteiger partial charge in [-0.1, -0.05) is 6.42 Å². The molecule has 3 fully saturated rings. The van der Waals surface area contributed by atoms with Crippen molar-refractivity contribution < 1.29 is 14.2 Å². The molecule has 0 bridgehead atoms. The number of nitrogens with one attached hydrogen (secondary N) is 1. The number of piperidine rings is 1. The third kappa shape index (κ3) is 5.28. The smallest absolute Gasteiger partial charge is 0.193 e. The molecule has 0 aromatic rings. The Kier molecular flexibility index (Phi) is 9.58. The van der Waals surface area contributed by atoms with E-state index in [1.807, 2.05) is 7.05 Å². The number of halogens is 1. The van der Waals surface area contributed by atoms with Crippen LogP contribution in [-0.4, -0.2) is 76.2 Å². The molecule has 0 amide bonds. The van der Waals surface area contributed by atoms with Gasteiger partial charge in [-0.3, -0.25) is 4.99 Å². The van der Waals surface area contributed by atoms with Crippen molar-refractivity contribution >= 4 is 29.9 Å². The van der Waals surface area contributed by atoms with Crippen LogP contribution in [0, 0.1) is 5.41 Å². The third-order valence-corrected chi connectivity index (χ3v) is 6.54. The highest BCUT2D eigenvalue weighted by atomic mass is 127. The lowest BCUT2D eigenvalue weighted by Crippen LogP contribution is -2.69. The minimum atomic E-state index is 0. The summed E-state index contributed by atoms with van der Waals surface area (Å²) in [4.78, 5) is 6.97. The lowest BCUT2D eigenvalue weighted by atomic mass is 9.51. The second-order valence-electron chi connectivity index (χ2n) is 7.91. The second kappa shape index (κ2) is 11.2. The Hall–Kier alpha value is -0.120. The molecule has 27 heavy (non-hydrogen) atoms. The molecule has 3 rings (SSSR count). The van der Waals surface area contributed by atoms with Gasteiger partial charge in [-0.2, -0.15) is 0 Å². The second-order valence-corrected chi connectivity index (χ2v) is 7.91. The maximum atomic E-state index is 5.98. The number of hydrogen-bond acceptors (Lipinski definition) is 4. The van der Waals surface area contributed by atoms with Crippen molar-refractivity contribution in [2.24, 2.45) is 10.4 Å². The van der Waals surface area contributed by atoms with Crippen molar-refractivity contribution in [3.05, 3.63) is 0 Å². The molecule has 3 aliphatic rings. The van der Waals surface area contributed by atoms with Crippen molar-refractivity contribution in [3.8, 4) is 0 Å². The lowest BCUT2D eigenvalue weighted by molar-refractivity contribution is -0.169. The summed E-state index contributed by atoms with van der Waals surface area (Å²) in [6, 6.07) is 0.523. The van der Waals surface area contributed by atoms with Crippen LogP contribution in [0.3, 0.4) is 0 Å². The first-order valence-electron chi connectivity index (χ1n) is 10.4. The van der Waals surface area contributed by atoms with Gasteiger partial charge in [-0.15, -0.1) is 24.0 Å². The van der Waals surface area contributed by atoms with Crippen molar-refractivity contribution in [2.75, 3.05) is 47.1 Å². The van der Waals surface area contributed by atoms with E-state index in [4.69, 9.17) is 14.2 Å². The van der Waals surface area contributed by atoms with Gasteiger partial charge in [0, 0.05) is 58.5 Å². The van der Waals surface area contributed by atoms with E-state index in [1.165, 1.54) is 19.3 Å². The van der Waals surface area contributed by atoms with Crippen LogP contribution in [0.2, 0.25) is 0 Å². The third-order valence-electron chi connectivity index (χ3n) is 6.54. The first kappa shape index (κ1) is 23.2. The molecule has 1 spiro atoms. The van der Waals surface area contributed by atoms with Gasteiger partial charge in [0.1, 0.15) is 0 Å². The Morgan fingerprint density at radius 2 is 1.93 bits per heavy atom. The molecule has 6 nitrogen and oxygen atoms in total. The van der Waals surface area contributed by atoms with E-state index >= 15 is 0 Å². The monoisotopic (exact) mass is 495 g/mol. The fraction of sp³-hybridized carbons (Fsp3) is 0.950. The average molecular weight is 495 g/mol. The van der Waals surface area contributed by atoms with Gasteiger partial charge in [0.2, 0.25) is 0 Å². The molecule has 0 aromatic heterocycles. The van der Waals surface area contributed by atoms with Crippen LogP contribution in [0.15, 0.2) is 4.99 Å². The van der Waals surface area contributed by atoms with E-state index < -0.39 is 0 Å². The standard InChI is InChI=1S/C20H37N3O3.HI/c1-4-25-18-15-17(20(18)9-5-10-20)22-19(21-2)23-11-7-16(8-12-23)26-14-6-13-24-3;/h16-18H,4-15H2,1-3H3,(H,21,22);1H. The molecule has 2 saturated carbocycles. The maximum absolute atomic E-state index is 5.98. The summed E-state index contributed by atoms with van der Waals surface area (Å²) in [5, 5.41) is 3.77. The molecule has 7 heteroatoms. The first-order chi connectivity index (χ1) is 12.7. The van der Waals surface area contributed by atoms with Crippen LogP contribution in [0.1, 0.15) is 51.9 Å². The van der Waals surface area contributed by atoms with E-state index in [2.05, 4.69) is 22.1 Å². The normalized spacial score (nSPS) is 27.7. The van der Waals surface area contributed by atoms with E-state index in [9.17, 15) is 0 Å². The fourth-order valence-electron chi connectivity index (χ4n) is 4.78. The number of guanidine groups is 1. The molecule has 2 aliphatic carbocycles. The molecular weight excluding hydrogens is 457 g/mol. The predicted octanol–water partition coefficient (Wildman–Crippen LogP) is 3.05. The molecule has 1 saturated heterocycles. The summed E-state index contributed by atoms with van der Waals surface area (Å²) < 4.78 is 17.0. The van der Waals surface area contributed by atoms with Gasteiger partial charge in [0.25, 0.3) is 0 Å². The summed E-state index contributed by atoms with van der Waals surface area (Å²) in [5.74, 6) is 1.06. The highest BCUT2D eigenvalue weighted by Crippen LogP contribution is 2.57. The van der Waals surface area contributed by atoms with Crippen LogP contribution in [-0.2, 0) is 14.2 Å². The van der Waals surface area contributed by atoms with E-state index in [0.29, 0.717) is 23.7 Å². The van der Waals surface area contributed by atoms with Crippen LogP contribution in [0.25, 0.3) is 0 Å². The summed E-state index contributed by atoms with van der Waals surface area (Å²) in [5.41, 5.74) is 0.370. The molecule has 0 radical (unpaired) electrons. The van der Waals surface area contributed by atoms with Gasteiger partial charge in [-0.25, -0.2) is 0 Å². The number of likely N-dealkylation sites (tertiary alicyclic amines) is 1. The van der Waals surface area contributed by atoms with Gasteiger partial charge < -0.3 is 24.4 Å². The zero-order valence-electron chi connectivity index (χ0n) is 17.2. The Morgan fingerprint density at radius 3 is 2.48 bits per heavy atom. The Bertz CT molecular complexity index is 465. The van der Waals surface area contributed by atoms with Crippen molar-refractivity contribution in [1.29, 1.82) is 0 Å². The molecule has 1 N–H and O–H groups in total. The summed E-state index contributed by atoms with van der Waals surface area (Å²) in [6.45, 7) is 6.54. The minimum Gasteiger partial charge on any atom is -0.385 e. The zero-order chi connectivity index (χ0) is 18.4. The van der Waals surface area contributed by atoms with Crippen LogP contribution in [0.4, 0.5) is 0 Å². The van der Waals surface area contributed by atoms with Gasteiger partial charge in [-0.05, 0) is 45.4 Å². The molecule has 158 valence electrons. The van der Waals surface area contributed by atoms with E-state index in [1.54, 1.807) is 7.11 Å². The number of aliphatic imine (C=N–C) groups is 1. The Labute approximate surface area is 181 Å². The fourth-order valence-corrected chi connectivity index (χ4v) is 4.78. The summed E-state index contributed by atoms with van der Waals surface area (Å²) >= 11 is 0. The highest BCUT2D eigenvalue weighted by molar-refractivity contribution is 14.0. The zero-order valence-corrected chi connectivity index (χ0v) is 19.6. The predicted molar refractivity (Wildman–Crippen MR) is 119 cm³/mol. The van der Waals surface area contributed by atoms with Gasteiger partial charge in [0.05, 0.1) is 12.2 Å². The molecule has 1 aliphatic heterocycles. The molecular formula is C20H38IN3O3. The first-order valence-corrected chi connectivity index (χ1v) is 10.4. The molecule has 2 unspecified atom stereocenters. The maximum Gasteiger partial charge on any atom is 0.193 e. The van der Waals surface area contributed by atoms with Crippen molar-refractivity contribution in [1.82, 2.24) is 10.2 Å². The minimum absolute atomic E-state index is 0. The van der Waals surface area contributed by atoms with Crippen molar-refractivity contribution in [2.45, 2.75) is 70.1 Å². The Balaban J connectivity index is 0.00000261. The van der Waals surface area contributed by atoms with E-state index in [-0.39, 0.29) is 24.0 Å². The largest absolute Gasteiger partial charge is 0.385 e. The Morgan fingerprint density at radius 1 is 1.19 bits per heavy atom. The number of hydrogen-bond donors (Lipinski definition) is 1. The van der Waals surface area contributed by atoms with Crippen molar-refractivity contribution in [3.63, 3.8) is 0 Å². The molecule has 0 aromatic carbocycles. The quantitative estimate of drug-likeness (QED) is 0.243. The SMILES string of the molecule is CCOC1CC(NC(=NC)N2CCC(OCCCOC)CC2)C12CCC2.I. The number of methoxy groups -OCH3 is 1. The van der Waals surface area contributed by atoms with E-state index in [0.717, 1.165) is 64.6 Å².